The molecule has 0 atom stereocenters. The van der Waals surface area contributed by atoms with Crippen LogP contribution in [0.15, 0.2) is 17.0 Å². The van der Waals surface area contributed by atoms with Gasteiger partial charge in [-0.15, -0.1) is 0 Å². The number of ether oxygens (including phenoxy) is 2. The number of aryl methyl sites for hydroxylation is 1. The summed E-state index contributed by atoms with van der Waals surface area (Å²) < 4.78 is 33.7. The Labute approximate surface area is 124 Å². The number of rotatable bonds is 3. The second-order valence-electron chi connectivity index (χ2n) is 5.18. The monoisotopic (exact) mass is 313 g/mol. The third kappa shape index (κ3) is 3.81. The van der Waals surface area contributed by atoms with Crippen LogP contribution in [0, 0.1) is 13.8 Å². The van der Waals surface area contributed by atoms with Crippen molar-refractivity contribution in [3.8, 4) is 0 Å². The summed E-state index contributed by atoms with van der Waals surface area (Å²) in [5, 5.41) is 5.18. The molecule has 0 aliphatic carbocycles. The molecule has 7 heteroatoms. The van der Waals surface area contributed by atoms with E-state index < -0.39 is 16.0 Å². The van der Waals surface area contributed by atoms with E-state index in [9.17, 15) is 13.2 Å². The highest BCUT2D eigenvalue weighted by atomic mass is 32.2. The summed E-state index contributed by atoms with van der Waals surface area (Å²) in [5.74, 6) is -0.532. The zero-order chi connectivity index (χ0) is 15.6. The van der Waals surface area contributed by atoms with Gasteiger partial charge in [0.15, 0.2) is 0 Å². The first-order chi connectivity index (χ1) is 9.79. The van der Waals surface area contributed by atoms with Crippen molar-refractivity contribution < 1.29 is 22.7 Å². The van der Waals surface area contributed by atoms with Gasteiger partial charge in [-0.1, -0.05) is 0 Å². The Morgan fingerprint density at radius 1 is 1.29 bits per heavy atom. The summed E-state index contributed by atoms with van der Waals surface area (Å²) >= 11 is 0. The molecular formula is C14H19NO5S. The summed E-state index contributed by atoms with van der Waals surface area (Å²) in [6.07, 6.45) is 1.11. The molecule has 6 nitrogen and oxygen atoms in total. The number of primary sulfonamides is 1. The molecule has 0 unspecified atom stereocenters. The van der Waals surface area contributed by atoms with Gasteiger partial charge in [0.1, 0.15) is 6.10 Å². The number of esters is 1. The molecule has 0 aromatic heterocycles. The maximum Gasteiger partial charge on any atom is 0.338 e. The van der Waals surface area contributed by atoms with Gasteiger partial charge >= 0.3 is 5.97 Å². The summed E-state index contributed by atoms with van der Waals surface area (Å²) in [6, 6.07) is 2.89. The fraction of sp³-hybridized carbons (Fsp3) is 0.500. The molecule has 2 rings (SSSR count). The molecular weight excluding hydrogens is 294 g/mol. The van der Waals surface area contributed by atoms with Crippen LogP contribution in [0.3, 0.4) is 0 Å². The van der Waals surface area contributed by atoms with Crippen LogP contribution < -0.4 is 5.14 Å². The molecule has 1 aliphatic heterocycles. The maximum absolute atomic E-state index is 12.2. The largest absolute Gasteiger partial charge is 0.459 e. The van der Waals surface area contributed by atoms with Crippen LogP contribution in [0.4, 0.5) is 0 Å². The highest BCUT2D eigenvalue weighted by Gasteiger charge is 2.22. The lowest BCUT2D eigenvalue weighted by Crippen LogP contribution is -2.26. The lowest BCUT2D eigenvalue weighted by atomic mass is 10.1. The van der Waals surface area contributed by atoms with Crippen molar-refractivity contribution in [3.63, 3.8) is 0 Å². The SMILES string of the molecule is Cc1cc(C(=O)OC2CCOCC2)cc(S(N)(=O)=O)c1C. The number of hydrogen-bond donors (Lipinski definition) is 1. The lowest BCUT2D eigenvalue weighted by Gasteiger charge is -2.22. The molecule has 1 aromatic carbocycles. The minimum atomic E-state index is -3.87. The average molecular weight is 313 g/mol. The standard InChI is InChI=1S/C14H19NO5S/c1-9-7-11(8-13(10(9)2)21(15,17)18)14(16)20-12-3-5-19-6-4-12/h7-8,12H,3-6H2,1-2H3,(H2,15,17,18). The molecule has 2 N–H and O–H groups in total. The minimum absolute atomic E-state index is 0.0403. The van der Waals surface area contributed by atoms with E-state index in [4.69, 9.17) is 14.6 Å². The number of nitrogens with two attached hydrogens (primary N) is 1. The highest BCUT2D eigenvalue weighted by Crippen LogP contribution is 2.22. The number of carbonyl (C=O) groups is 1. The van der Waals surface area contributed by atoms with Crippen LogP contribution in [0.2, 0.25) is 0 Å². The van der Waals surface area contributed by atoms with E-state index in [0.29, 0.717) is 37.2 Å². The van der Waals surface area contributed by atoms with E-state index in [0.717, 1.165) is 0 Å². The molecule has 0 bridgehead atoms. The molecule has 1 fully saturated rings. The quantitative estimate of drug-likeness (QED) is 0.848. The number of sulfonamides is 1. The van der Waals surface area contributed by atoms with E-state index in [1.807, 2.05) is 0 Å². The molecule has 0 saturated carbocycles. The van der Waals surface area contributed by atoms with Gasteiger partial charge in [0.2, 0.25) is 10.0 Å². The molecule has 0 amide bonds. The first kappa shape index (κ1) is 15.9. The minimum Gasteiger partial charge on any atom is -0.459 e. The van der Waals surface area contributed by atoms with Gasteiger partial charge in [-0.2, -0.15) is 0 Å². The normalized spacial score (nSPS) is 16.7. The summed E-state index contributed by atoms with van der Waals surface area (Å²) in [6.45, 7) is 4.51. The van der Waals surface area contributed by atoms with Crippen molar-refractivity contribution in [2.24, 2.45) is 5.14 Å². The van der Waals surface area contributed by atoms with E-state index in [1.54, 1.807) is 19.9 Å². The first-order valence-corrected chi connectivity index (χ1v) is 8.26. The zero-order valence-corrected chi connectivity index (χ0v) is 12.9. The van der Waals surface area contributed by atoms with Gasteiger partial charge in [0.25, 0.3) is 0 Å². The maximum atomic E-state index is 12.2. The van der Waals surface area contributed by atoms with Gasteiger partial charge in [0, 0.05) is 12.8 Å². The van der Waals surface area contributed by atoms with Crippen molar-refractivity contribution in [3.05, 3.63) is 28.8 Å². The van der Waals surface area contributed by atoms with Crippen LogP contribution in [0.5, 0.6) is 0 Å². The molecule has 0 radical (unpaired) electrons. The zero-order valence-electron chi connectivity index (χ0n) is 12.1. The highest BCUT2D eigenvalue weighted by molar-refractivity contribution is 7.89. The fourth-order valence-electron chi connectivity index (χ4n) is 2.25. The van der Waals surface area contributed by atoms with Crippen LogP contribution in [-0.2, 0) is 19.5 Å². The molecule has 116 valence electrons. The summed E-state index contributed by atoms with van der Waals surface area (Å²) in [7, 11) is -3.87. The lowest BCUT2D eigenvalue weighted by molar-refractivity contribution is -0.0159. The van der Waals surface area contributed by atoms with E-state index in [1.165, 1.54) is 6.07 Å². The van der Waals surface area contributed by atoms with Crippen LogP contribution in [0.1, 0.15) is 34.3 Å². The summed E-state index contributed by atoms with van der Waals surface area (Å²) in [5.41, 5.74) is 1.43. The second-order valence-corrected chi connectivity index (χ2v) is 6.71. The van der Waals surface area contributed by atoms with E-state index in [-0.39, 0.29) is 16.6 Å². The van der Waals surface area contributed by atoms with Gasteiger partial charge in [-0.25, -0.2) is 18.4 Å². The van der Waals surface area contributed by atoms with Crippen molar-refractivity contribution in [2.75, 3.05) is 13.2 Å². The molecule has 1 saturated heterocycles. The van der Waals surface area contributed by atoms with Crippen LogP contribution >= 0.6 is 0 Å². The number of carbonyl (C=O) groups excluding carboxylic acids is 1. The smallest absolute Gasteiger partial charge is 0.338 e. The Balaban J connectivity index is 2.27. The Morgan fingerprint density at radius 3 is 2.48 bits per heavy atom. The van der Waals surface area contributed by atoms with Crippen molar-refractivity contribution in [2.45, 2.75) is 37.7 Å². The Kier molecular flexibility index (Phi) is 4.65. The van der Waals surface area contributed by atoms with Gasteiger partial charge in [-0.3, -0.25) is 0 Å². The predicted molar refractivity (Wildman–Crippen MR) is 76.5 cm³/mol. The second kappa shape index (κ2) is 6.13. The number of benzene rings is 1. The Morgan fingerprint density at radius 2 is 1.90 bits per heavy atom. The molecule has 1 aromatic rings. The van der Waals surface area contributed by atoms with E-state index >= 15 is 0 Å². The van der Waals surface area contributed by atoms with Crippen LogP contribution in [0.25, 0.3) is 0 Å². The fourth-order valence-corrected chi connectivity index (χ4v) is 3.13. The van der Waals surface area contributed by atoms with E-state index in [2.05, 4.69) is 0 Å². The van der Waals surface area contributed by atoms with Gasteiger partial charge < -0.3 is 9.47 Å². The van der Waals surface area contributed by atoms with Gasteiger partial charge in [-0.05, 0) is 37.1 Å². The van der Waals surface area contributed by atoms with Gasteiger partial charge in [0.05, 0.1) is 23.7 Å². The molecule has 1 aliphatic rings. The Hall–Kier alpha value is -1.44. The van der Waals surface area contributed by atoms with Crippen LogP contribution in [-0.4, -0.2) is 33.7 Å². The Bertz CT molecular complexity index is 648. The third-order valence-corrected chi connectivity index (χ3v) is 4.64. The predicted octanol–water partition coefficient (Wildman–Crippen LogP) is 1.29. The molecule has 0 spiro atoms. The molecule has 1 heterocycles. The van der Waals surface area contributed by atoms with Crippen molar-refractivity contribution >= 4 is 16.0 Å². The number of hydrogen-bond acceptors (Lipinski definition) is 5. The third-order valence-electron chi connectivity index (χ3n) is 3.60. The van der Waals surface area contributed by atoms with Crippen molar-refractivity contribution in [1.82, 2.24) is 0 Å². The average Bonchev–Trinajstić information content (AvgIpc) is 2.41. The summed E-state index contributed by atoms with van der Waals surface area (Å²) in [4.78, 5) is 12.1. The first-order valence-electron chi connectivity index (χ1n) is 6.72. The molecule has 21 heavy (non-hydrogen) atoms. The topological polar surface area (TPSA) is 95.7 Å². The van der Waals surface area contributed by atoms with Crippen molar-refractivity contribution in [1.29, 1.82) is 0 Å².